The Hall–Kier alpha value is -0.770. The Bertz CT molecular complexity index is 388. The van der Waals surface area contributed by atoms with E-state index in [-0.39, 0.29) is 32.6 Å². The zero-order valence-electron chi connectivity index (χ0n) is 14.1. The van der Waals surface area contributed by atoms with Gasteiger partial charge in [-0.1, -0.05) is 0 Å². The summed E-state index contributed by atoms with van der Waals surface area (Å²) in [7, 11) is 0. The summed E-state index contributed by atoms with van der Waals surface area (Å²) in [5.74, 6) is 0. The molecule has 1 aliphatic rings. The van der Waals surface area contributed by atoms with Crippen molar-refractivity contribution in [3.63, 3.8) is 0 Å². The number of aliphatic hydroxyl groups excluding tert-OH is 10. The van der Waals surface area contributed by atoms with E-state index in [4.69, 9.17) is 35.7 Å². The van der Waals surface area contributed by atoms with E-state index in [1.807, 2.05) is 0 Å². The van der Waals surface area contributed by atoms with E-state index >= 15 is 0 Å². The van der Waals surface area contributed by atoms with Crippen molar-refractivity contribution in [2.45, 2.75) is 48.8 Å². The highest BCUT2D eigenvalue weighted by molar-refractivity contribution is 5.56. The van der Waals surface area contributed by atoms with Crippen molar-refractivity contribution < 1.29 is 55.9 Å². The first-order valence-electron chi connectivity index (χ1n) is 7.94. The Morgan fingerprint density at radius 3 is 1.96 bits per heavy atom. The number of likely N-dealkylation sites (tertiary alicyclic amines) is 1. The second-order valence-electron chi connectivity index (χ2n) is 5.87. The topological polar surface area (TPSA) is 223 Å². The zero-order valence-corrected chi connectivity index (χ0v) is 14.1. The average Bonchev–Trinajstić information content (AvgIpc) is 2.64. The van der Waals surface area contributed by atoms with Crippen LogP contribution in [0.3, 0.4) is 0 Å². The fourth-order valence-electron chi connectivity index (χ4n) is 2.38. The maximum Gasteiger partial charge on any atom is 0.151 e. The smallest absolute Gasteiger partial charge is 0.151 e. The van der Waals surface area contributed by atoms with Crippen molar-refractivity contribution in [3.05, 3.63) is 0 Å². The largest absolute Gasteiger partial charge is 0.395 e. The molecule has 0 unspecified atom stereocenters. The Kier molecular flexibility index (Phi) is 12.2. The summed E-state index contributed by atoms with van der Waals surface area (Å²) < 4.78 is 0. The molecule has 10 N–H and O–H groups in total. The molecule has 1 rings (SSSR count). The van der Waals surface area contributed by atoms with Crippen molar-refractivity contribution in [2.75, 3.05) is 32.9 Å². The summed E-state index contributed by atoms with van der Waals surface area (Å²) in [5, 5.41) is 89.4. The van der Waals surface area contributed by atoms with Crippen LogP contribution in [0.4, 0.5) is 0 Å². The molecule has 156 valence electrons. The second kappa shape index (κ2) is 12.6. The van der Waals surface area contributed by atoms with Crippen molar-refractivity contribution in [1.82, 2.24) is 4.90 Å². The van der Waals surface area contributed by atoms with Crippen LogP contribution in [0.5, 0.6) is 0 Å². The normalized spacial score (nSPS) is 31.3. The number of carbonyl (C=O) groups is 1. The van der Waals surface area contributed by atoms with Crippen molar-refractivity contribution >= 4 is 6.29 Å². The highest BCUT2D eigenvalue weighted by atomic mass is 16.4. The van der Waals surface area contributed by atoms with Crippen LogP contribution in [0.25, 0.3) is 0 Å². The molecule has 1 fully saturated rings. The van der Waals surface area contributed by atoms with Gasteiger partial charge in [0.2, 0.25) is 0 Å². The maximum absolute atomic E-state index is 9.90. The molecule has 0 spiro atoms. The van der Waals surface area contributed by atoms with Crippen LogP contribution in [0.15, 0.2) is 0 Å². The third kappa shape index (κ3) is 7.09. The Labute approximate surface area is 149 Å². The van der Waals surface area contributed by atoms with Gasteiger partial charge in [-0.3, -0.25) is 4.90 Å². The molecule has 1 aliphatic heterocycles. The number of piperidine rings is 1. The minimum atomic E-state index is -1.79. The highest BCUT2D eigenvalue weighted by Crippen LogP contribution is 2.18. The first kappa shape index (κ1) is 25.2. The highest BCUT2D eigenvalue weighted by Gasteiger charge is 2.40. The second-order valence-corrected chi connectivity index (χ2v) is 5.87. The molecular weight excluding hydrogens is 358 g/mol. The standard InChI is InChI=1S/C8H17NO5.C6H12O6/c10-2-1-9-3-6(12)8(14)7(13)5(9)4-11;7-1-3(9)5(11)6(12)4(10)2-8/h5-8,10-14H,1-4H2;1,3-6,8-12H,2H2/t5-,6+,7-,8-;3-,4+,5+,6+/m10/s1. The van der Waals surface area contributed by atoms with Crippen molar-refractivity contribution in [1.29, 1.82) is 0 Å². The van der Waals surface area contributed by atoms with E-state index in [0.29, 0.717) is 0 Å². The van der Waals surface area contributed by atoms with E-state index in [1.165, 1.54) is 0 Å². The lowest BCUT2D eigenvalue weighted by atomic mass is 9.94. The molecule has 1 saturated heterocycles. The van der Waals surface area contributed by atoms with Gasteiger partial charge in [0.15, 0.2) is 6.29 Å². The van der Waals surface area contributed by atoms with E-state index in [9.17, 15) is 20.1 Å². The summed E-state index contributed by atoms with van der Waals surface area (Å²) >= 11 is 0. The van der Waals surface area contributed by atoms with Crippen LogP contribution >= 0.6 is 0 Å². The van der Waals surface area contributed by atoms with Gasteiger partial charge in [-0.25, -0.2) is 0 Å². The predicted octanol–water partition coefficient (Wildman–Crippen LogP) is -6.64. The van der Waals surface area contributed by atoms with Gasteiger partial charge < -0.3 is 55.9 Å². The molecule has 0 aromatic heterocycles. The summed E-state index contributed by atoms with van der Waals surface area (Å²) in [6.45, 7) is -0.795. The Balaban J connectivity index is 0.000000488. The van der Waals surface area contributed by atoms with Crippen LogP contribution in [0.1, 0.15) is 0 Å². The van der Waals surface area contributed by atoms with Crippen LogP contribution in [0.2, 0.25) is 0 Å². The Morgan fingerprint density at radius 1 is 0.962 bits per heavy atom. The fraction of sp³-hybridized carbons (Fsp3) is 0.929. The molecular formula is C14H29NO11. The van der Waals surface area contributed by atoms with Gasteiger partial charge in [0.25, 0.3) is 0 Å². The minimum absolute atomic E-state index is 0.0258. The minimum Gasteiger partial charge on any atom is -0.395 e. The van der Waals surface area contributed by atoms with E-state index in [0.717, 1.165) is 0 Å². The van der Waals surface area contributed by atoms with Gasteiger partial charge >= 0.3 is 0 Å². The molecule has 0 aromatic carbocycles. The van der Waals surface area contributed by atoms with E-state index < -0.39 is 55.4 Å². The number of β-amino-alcohol motifs (C(OH)–C–C–N with tert-alkyl or cyclic N) is 2. The van der Waals surface area contributed by atoms with Gasteiger partial charge in [0.1, 0.15) is 36.6 Å². The third-order valence-corrected chi connectivity index (χ3v) is 4.02. The van der Waals surface area contributed by atoms with Crippen LogP contribution in [0, 0.1) is 0 Å². The fourth-order valence-corrected chi connectivity index (χ4v) is 2.38. The van der Waals surface area contributed by atoms with Crippen LogP contribution in [-0.2, 0) is 4.79 Å². The molecule has 0 saturated carbocycles. The van der Waals surface area contributed by atoms with Crippen molar-refractivity contribution in [2.24, 2.45) is 0 Å². The number of carbonyl (C=O) groups excluding carboxylic acids is 1. The number of hydrogen-bond donors (Lipinski definition) is 10. The third-order valence-electron chi connectivity index (χ3n) is 4.02. The number of rotatable bonds is 8. The molecule has 12 nitrogen and oxygen atoms in total. The number of hydrogen-bond acceptors (Lipinski definition) is 12. The van der Waals surface area contributed by atoms with Crippen molar-refractivity contribution in [3.8, 4) is 0 Å². The molecule has 0 aliphatic carbocycles. The number of aldehydes is 1. The lowest BCUT2D eigenvalue weighted by Crippen LogP contribution is -2.62. The van der Waals surface area contributed by atoms with Gasteiger partial charge in [0.05, 0.1) is 32.0 Å². The molecule has 0 radical (unpaired) electrons. The van der Waals surface area contributed by atoms with Gasteiger partial charge in [-0.05, 0) is 0 Å². The molecule has 1 heterocycles. The molecule has 0 aromatic rings. The average molecular weight is 387 g/mol. The Morgan fingerprint density at radius 2 is 1.54 bits per heavy atom. The molecule has 0 bridgehead atoms. The zero-order chi connectivity index (χ0) is 20.4. The summed E-state index contributed by atoms with van der Waals surface area (Å²) in [4.78, 5) is 11.5. The number of nitrogens with zero attached hydrogens (tertiary/aromatic N) is 1. The van der Waals surface area contributed by atoms with E-state index in [2.05, 4.69) is 0 Å². The lowest BCUT2D eigenvalue weighted by Gasteiger charge is -2.42. The monoisotopic (exact) mass is 387 g/mol. The van der Waals surface area contributed by atoms with Crippen LogP contribution in [-0.4, -0.2) is 144 Å². The summed E-state index contributed by atoms with van der Waals surface area (Å²) in [5.41, 5.74) is 0. The van der Waals surface area contributed by atoms with Crippen LogP contribution < -0.4 is 0 Å². The van der Waals surface area contributed by atoms with Gasteiger partial charge in [-0.15, -0.1) is 0 Å². The molecule has 0 amide bonds. The first-order valence-corrected chi connectivity index (χ1v) is 7.94. The predicted molar refractivity (Wildman–Crippen MR) is 84.7 cm³/mol. The molecule has 8 atom stereocenters. The van der Waals surface area contributed by atoms with E-state index in [1.54, 1.807) is 4.90 Å². The molecule has 12 heteroatoms. The first-order chi connectivity index (χ1) is 12.2. The van der Waals surface area contributed by atoms with Gasteiger partial charge in [-0.2, -0.15) is 0 Å². The SMILES string of the molecule is O=C[C@H](O)[C@@H](O)[C@H](O)[C@H](O)CO.OCCN1C[C@H](O)[C@@H](O)[C@H](O)[C@H]1CO. The van der Waals surface area contributed by atoms with Gasteiger partial charge in [0, 0.05) is 13.1 Å². The number of aliphatic hydroxyl groups is 10. The quantitative estimate of drug-likeness (QED) is 0.176. The molecule has 26 heavy (non-hydrogen) atoms. The summed E-state index contributed by atoms with van der Waals surface area (Å²) in [6, 6.07) is -0.624. The lowest BCUT2D eigenvalue weighted by molar-refractivity contribution is -0.146. The summed E-state index contributed by atoms with van der Waals surface area (Å²) in [6.07, 6.45) is -10.3. The maximum atomic E-state index is 9.90.